The maximum Gasteiger partial charge on any atom is 0.335 e. The van der Waals surface area contributed by atoms with Crippen molar-refractivity contribution in [2.24, 2.45) is 5.73 Å². The van der Waals surface area contributed by atoms with E-state index in [0.717, 1.165) is 11.1 Å². The van der Waals surface area contributed by atoms with Gasteiger partial charge in [-0.1, -0.05) is 12.1 Å². The number of hydrogen-bond acceptors (Lipinski definition) is 4. The highest BCUT2D eigenvalue weighted by Gasteiger charge is 2.28. The molecule has 0 aromatic heterocycles. The first kappa shape index (κ1) is 14.5. The van der Waals surface area contributed by atoms with Crippen LogP contribution >= 0.6 is 0 Å². The minimum Gasteiger partial charge on any atom is -0.478 e. The molecule has 3 N–H and O–H groups in total. The lowest BCUT2D eigenvalue weighted by Crippen LogP contribution is -2.45. The maximum absolute atomic E-state index is 12.2. The first-order valence-corrected chi connectivity index (χ1v) is 6.44. The number of amides is 1. The summed E-state index contributed by atoms with van der Waals surface area (Å²) in [6, 6.07) is 5.15. The number of carboxylic acid groups (broad SMARTS) is 1. The number of carboxylic acids is 1. The van der Waals surface area contributed by atoms with E-state index >= 15 is 0 Å². The van der Waals surface area contributed by atoms with Gasteiger partial charge in [0.05, 0.1) is 5.56 Å². The first-order chi connectivity index (χ1) is 9.58. The van der Waals surface area contributed by atoms with Gasteiger partial charge in [-0.15, -0.1) is 0 Å². The summed E-state index contributed by atoms with van der Waals surface area (Å²) in [6.45, 7) is 1.01. The Balaban J connectivity index is 2.22. The number of aromatic carboxylic acids is 1. The summed E-state index contributed by atoms with van der Waals surface area (Å²) in [5, 5.41) is 9.16. The predicted octanol–water partition coefficient (Wildman–Crippen LogP) is 0.243. The number of ether oxygens (including phenoxy) is 1. The topological polar surface area (TPSA) is 92.9 Å². The lowest BCUT2D eigenvalue weighted by Gasteiger charge is -2.31. The fraction of sp³-hybridized carbons (Fsp3) is 0.429. The number of nitrogens with two attached hydrogens (primary N) is 1. The maximum atomic E-state index is 12.2. The van der Waals surface area contributed by atoms with E-state index in [1.807, 2.05) is 6.07 Å². The standard InChI is InChI=1S/C14H18N2O4/c1-20-12(7-15)13(17)16-6-5-10-9(8-16)3-2-4-11(10)14(18)19/h2-4,12H,5-8,15H2,1H3,(H,18,19). The van der Waals surface area contributed by atoms with Gasteiger partial charge in [-0.25, -0.2) is 4.79 Å². The lowest BCUT2D eigenvalue weighted by atomic mass is 9.94. The van der Waals surface area contributed by atoms with Crippen LogP contribution in [0.5, 0.6) is 0 Å². The molecule has 0 saturated heterocycles. The van der Waals surface area contributed by atoms with Crippen molar-refractivity contribution in [3.8, 4) is 0 Å². The second kappa shape index (κ2) is 6.02. The highest BCUT2D eigenvalue weighted by molar-refractivity contribution is 5.90. The molecular weight excluding hydrogens is 260 g/mol. The summed E-state index contributed by atoms with van der Waals surface area (Å²) in [7, 11) is 1.45. The van der Waals surface area contributed by atoms with E-state index in [9.17, 15) is 9.59 Å². The second-order valence-electron chi connectivity index (χ2n) is 4.72. The molecule has 0 radical (unpaired) electrons. The summed E-state index contributed by atoms with van der Waals surface area (Å²) in [5.41, 5.74) is 7.50. The summed E-state index contributed by atoms with van der Waals surface area (Å²) in [5.74, 6) is -1.08. The first-order valence-electron chi connectivity index (χ1n) is 6.44. The van der Waals surface area contributed by atoms with Gasteiger partial charge in [-0.3, -0.25) is 4.79 Å². The molecule has 2 rings (SSSR count). The van der Waals surface area contributed by atoms with Crippen molar-refractivity contribution < 1.29 is 19.4 Å². The monoisotopic (exact) mass is 278 g/mol. The third-order valence-electron chi connectivity index (χ3n) is 3.58. The molecule has 1 aliphatic heterocycles. The van der Waals surface area contributed by atoms with Crippen LogP contribution in [0.15, 0.2) is 18.2 Å². The van der Waals surface area contributed by atoms with E-state index in [4.69, 9.17) is 15.6 Å². The summed E-state index contributed by atoms with van der Waals surface area (Å²) >= 11 is 0. The van der Waals surface area contributed by atoms with Gasteiger partial charge >= 0.3 is 5.97 Å². The molecular formula is C14H18N2O4. The summed E-state index contributed by atoms with van der Waals surface area (Å²) in [6.07, 6.45) is -0.107. The molecule has 1 aromatic rings. The minimum absolute atomic E-state index is 0.133. The summed E-state index contributed by atoms with van der Waals surface area (Å²) in [4.78, 5) is 25.0. The third kappa shape index (κ3) is 2.66. The van der Waals surface area contributed by atoms with Crippen molar-refractivity contribution in [2.75, 3.05) is 20.2 Å². The van der Waals surface area contributed by atoms with Crippen molar-refractivity contribution in [2.45, 2.75) is 19.1 Å². The molecule has 20 heavy (non-hydrogen) atoms. The van der Waals surface area contributed by atoms with Gasteiger partial charge in [0, 0.05) is 26.7 Å². The molecule has 6 nitrogen and oxygen atoms in total. The Kier molecular flexibility index (Phi) is 4.36. The summed E-state index contributed by atoms with van der Waals surface area (Å²) < 4.78 is 5.05. The molecule has 1 aromatic carbocycles. The fourth-order valence-corrected chi connectivity index (χ4v) is 2.50. The number of hydrogen-bond donors (Lipinski definition) is 2. The van der Waals surface area contributed by atoms with Gasteiger partial charge in [0.2, 0.25) is 0 Å². The van der Waals surface area contributed by atoms with Crippen LogP contribution in [0, 0.1) is 0 Å². The van der Waals surface area contributed by atoms with E-state index in [-0.39, 0.29) is 12.5 Å². The normalized spacial score (nSPS) is 15.6. The largest absolute Gasteiger partial charge is 0.478 e. The van der Waals surface area contributed by atoms with Gasteiger partial charge in [-0.05, 0) is 23.6 Å². The van der Waals surface area contributed by atoms with Crippen molar-refractivity contribution in [1.29, 1.82) is 0 Å². The van der Waals surface area contributed by atoms with Crippen molar-refractivity contribution in [3.05, 3.63) is 34.9 Å². The molecule has 0 aliphatic carbocycles. The molecule has 1 atom stereocenters. The number of methoxy groups -OCH3 is 1. The Morgan fingerprint density at radius 1 is 1.50 bits per heavy atom. The van der Waals surface area contributed by atoms with Crippen LogP contribution in [0.3, 0.4) is 0 Å². The van der Waals surface area contributed by atoms with E-state index < -0.39 is 12.1 Å². The number of nitrogens with zero attached hydrogens (tertiary/aromatic N) is 1. The van der Waals surface area contributed by atoms with Gasteiger partial charge in [0.25, 0.3) is 5.91 Å². The van der Waals surface area contributed by atoms with E-state index in [1.165, 1.54) is 7.11 Å². The zero-order valence-corrected chi connectivity index (χ0v) is 11.3. The number of benzene rings is 1. The Labute approximate surface area is 117 Å². The van der Waals surface area contributed by atoms with Crippen LogP contribution in [0.25, 0.3) is 0 Å². The number of rotatable bonds is 4. The quantitative estimate of drug-likeness (QED) is 0.823. The van der Waals surface area contributed by atoms with Crippen molar-refractivity contribution in [3.63, 3.8) is 0 Å². The molecule has 0 bridgehead atoms. The number of carbonyl (C=O) groups excluding carboxylic acids is 1. The van der Waals surface area contributed by atoms with Crippen LogP contribution in [-0.2, 0) is 22.5 Å². The average Bonchev–Trinajstić information content (AvgIpc) is 2.47. The van der Waals surface area contributed by atoms with Gasteiger partial charge in [-0.2, -0.15) is 0 Å². The zero-order chi connectivity index (χ0) is 14.7. The molecule has 1 aliphatic rings. The van der Waals surface area contributed by atoms with Gasteiger partial charge in [0.15, 0.2) is 0 Å². The highest BCUT2D eigenvalue weighted by atomic mass is 16.5. The average molecular weight is 278 g/mol. The molecule has 0 spiro atoms. The predicted molar refractivity (Wildman–Crippen MR) is 72.4 cm³/mol. The smallest absolute Gasteiger partial charge is 0.335 e. The van der Waals surface area contributed by atoms with Crippen LogP contribution < -0.4 is 5.73 Å². The highest BCUT2D eigenvalue weighted by Crippen LogP contribution is 2.23. The van der Waals surface area contributed by atoms with Gasteiger partial charge in [0.1, 0.15) is 6.10 Å². The molecule has 0 saturated carbocycles. The van der Waals surface area contributed by atoms with Crippen LogP contribution in [0.2, 0.25) is 0 Å². The molecule has 1 amide bonds. The number of fused-ring (bicyclic) bond motifs is 1. The molecule has 1 heterocycles. The Morgan fingerprint density at radius 3 is 2.85 bits per heavy atom. The van der Waals surface area contributed by atoms with Crippen LogP contribution in [0.1, 0.15) is 21.5 Å². The fourth-order valence-electron chi connectivity index (χ4n) is 2.50. The third-order valence-corrected chi connectivity index (χ3v) is 3.58. The van der Waals surface area contributed by atoms with E-state index in [1.54, 1.807) is 17.0 Å². The number of carbonyl (C=O) groups is 2. The van der Waals surface area contributed by atoms with E-state index in [0.29, 0.717) is 25.1 Å². The van der Waals surface area contributed by atoms with Gasteiger partial charge < -0.3 is 20.5 Å². The van der Waals surface area contributed by atoms with E-state index in [2.05, 4.69) is 0 Å². The Hall–Kier alpha value is -1.92. The second-order valence-corrected chi connectivity index (χ2v) is 4.72. The molecule has 6 heteroatoms. The van der Waals surface area contributed by atoms with Crippen LogP contribution in [0.4, 0.5) is 0 Å². The minimum atomic E-state index is -0.932. The van der Waals surface area contributed by atoms with Crippen molar-refractivity contribution >= 4 is 11.9 Å². The molecule has 0 fully saturated rings. The lowest BCUT2D eigenvalue weighted by molar-refractivity contribution is -0.142. The van der Waals surface area contributed by atoms with Crippen LogP contribution in [-0.4, -0.2) is 48.2 Å². The van der Waals surface area contributed by atoms with Crippen molar-refractivity contribution in [1.82, 2.24) is 4.90 Å². The molecule has 1 unspecified atom stereocenters. The molecule has 108 valence electrons. The SMILES string of the molecule is COC(CN)C(=O)N1CCc2c(cccc2C(=O)O)C1. The Bertz CT molecular complexity index is 526. The Morgan fingerprint density at radius 2 is 2.25 bits per heavy atom. The zero-order valence-electron chi connectivity index (χ0n) is 11.3.